The number of hydrogen-bond acceptors (Lipinski definition) is 3. The summed E-state index contributed by atoms with van der Waals surface area (Å²) < 4.78 is 13.2. The molecule has 1 saturated heterocycles. The maximum Gasteiger partial charge on any atom is 0.237 e. The van der Waals surface area contributed by atoms with Crippen LogP contribution in [0, 0.1) is 12.7 Å². The van der Waals surface area contributed by atoms with Crippen LogP contribution in [0.3, 0.4) is 0 Å². The summed E-state index contributed by atoms with van der Waals surface area (Å²) in [5.74, 6) is -0.336. The summed E-state index contributed by atoms with van der Waals surface area (Å²) in [6.07, 6.45) is 2.93. The second kappa shape index (κ2) is 9.43. The van der Waals surface area contributed by atoms with E-state index < -0.39 is 6.04 Å². The van der Waals surface area contributed by atoms with Crippen molar-refractivity contribution in [2.24, 2.45) is 0 Å². The van der Waals surface area contributed by atoms with E-state index in [1.807, 2.05) is 18.2 Å². The molecule has 2 aliphatic rings. The van der Waals surface area contributed by atoms with Gasteiger partial charge in [-0.25, -0.2) is 4.39 Å². The first-order valence-corrected chi connectivity index (χ1v) is 10.8. The molecule has 0 saturated carbocycles. The normalized spacial score (nSPS) is 19.7. The maximum absolute atomic E-state index is 13.2. The van der Waals surface area contributed by atoms with Crippen LogP contribution in [-0.4, -0.2) is 53.8 Å². The Kier molecular flexibility index (Phi) is 6.47. The third-order valence-electron chi connectivity index (χ3n) is 6.22. The highest BCUT2D eigenvalue weighted by Gasteiger charge is 2.33. The third kappa shape index (κ3) is 5.02. The quantitative estimate of drug-likeness (QED) is 0.807. The van der Waals surface area contributed by atoms with Crippen LogP contribution < -0.4 is 5.32 Å². The summed E-state index contributed by atoms with van der Waals surface area (Å²) in [5, 5.41) is 2.91. The molecule has 2 heterocycles. The highest BCUT2D eigenvalue weighted by Crippen LogP contribution is 2.24. The number of nitrogens with one attached hydrogen (secondary N) is 1. The van der Waals surface area contributed by atoms with Gasteiger partial charge in [-0.1, -0.05) is 42.5 Å². The molecule has 0 aliphatic carbocycles. The SMILES string of the molecule is Cc1ccccc1CN1CCNC(=O)C1CC(=O)N1CC=C(c2ccc(F)cc2)CC1. The van der Waals surface area contributed by atoms with Crippen LogP contribution in [0.25, 0.3) is 5.57 Å². The van der Waals surface area contributed by atoms with E-state index >= 15 is 0 Å². The number of amides is 2. The first-order chi connectivity index (χ1) is 15.0. The summed E-state index contributed by atoms with van der Waals surface area (Å²) in [7, 11) is 0. The van der Waals surface area contributed by atoms with Gasteiger partial charge in [-0.15, -0.1) is 0 Å². The highest BCUT2D eigenvalue weighted by molar-refractivity contribution is 5.89. The molecule has 1 N–H and O–H groups in total. The van der Waals surface area contributed by atoms with E-state index in [0.29, 0.717) is 26.2 Å². The standard InChI is InChI=1S/C25H28FN3O2/c1-18-4-2-3-5-21(18)17-29-15-12-27-25(31)23(29)16-24(30)28-13-10-20(11-14-28)19-6-8-22(26)9-7-19/h2-10,23H,11-17H2,1H3,(H,27,31). The lowest BCUT2D eigenvalue weighted by atomic mass is 9.98. The molecule has 2 aromatic carbocycles. The Labute approximate surface area is 182 Å². The van der Waals surface area contributed by atoms with Gasteiger partial charge in [0.2, 0.25) is 11.8 Å². The predicted octanol–water partition coefficient (Wildman–Crippen LogP) is 3.14. The number of rotatable bonds is 5. The number of benzene rings is 2. The number of nitrogens with zero attached hydrogens (tertiary/aromatic N) is 2. The summed E-state index contributed by atoms with van der Waals surface area (Å²) in [6, 6.07) is 14.2. The van der Waals surface area contributed by atoms with Crippen molar-refractivity contribution in [1.82, 2.24) is 15.1 Å². The number of halogens is 1. The van der Waals surface area contributed by atoms with Gasteiger partial charge < -0.3 is 10.2 Å². The molecule has 0 bridgehead atoms. The van der Waals surface area contributed by atoms with E-state index in [9.17, 15) is 14.0 Å². The molecule has 162 valence electrons. The van der Waals surface area contributed by atoms with Gasteiger partial charge >= 0.3 is 0 Å². The summed E-state index contributed by atoms with van der Waals surface area (Å²) in [5.41, 5.74) is 4.48. The van der Waals surface area contributed by atoms with E-state index in [0.717, 1.165) is 24.1 Å². The molecule has 1 fully saturated rings. The van der Waals surface area contributed by atoms with Crippen LogP contribution in [0.15, 0.2) is 54.6 Å². The fourth-order valence-corrected chi connectivity index (χ4v) is 4.30. The minimum absolute atomic E-state index is 0.00811. The van der Waals surface area contributed by atoms with E-state index in [1.165, 1.54) is 23.3 Å². The van der Waals surface area contributed by atoms with Crippen LogP contribution >= 0.6 is 0 Å². The first-order valence-electron chi connectivity index (χ1n) is 10.8. The van der Waals surface area contributed by atoms with Crippen LogP contribution in [0.4, 0.5) is 4.39 Å². The van der Waals surface area contributed by atoms with Gasteiger partial charge in [-0.2, -0.15) is 0 Å². The molecule has 1 unspecified atom stereocenters. The van der Waals surface area contributed by atoms with Crippen molar-refractivity contribution < 1.29 is 14.0 Å². The Balaban J connectivity index is 1.40. The van der Waals surface area contributed by atoms with Gasteiger partial charge in [0.05, 0.1) is 12.5 Å². The van der Waals surface area contributed by atoms with E-state index in [4.69, 9.17) is 0 Å². The summed E-state index contributed by atoms with van der Waals surface area (Å²) in [4.78, 5) is 29.5. The Morgan fingerprint density at radius 2 is 1.90 bits per heavy atom. The van der Waals surface area contributed by atoms with Gasteiger partial charge in [-0.05, 0) is 47.7 Å². The fraction of sp³-hybridized carbons (Fsp3) is 0.360. The average Bonchev–Trinajstić information content (AvgIpc) is 2.78. The van der Waals surface area contributed by atoms with Crippen LogP contribution in [-0.2, 0) is 16.1 Å². The summed E-state index contributed by atoms with van der Waals surface area (Å²) >= 11 is 0. The number of aryl methyl sites for hydroxylation is 1. The number of hydrogen-bond donors (Lipinski definition) is 1. The monoisotopic (exact) mass is 421 g/mol. The van der Waals surface area contributed by atoms with Crippen LogP contribution in [0.1, 0.15) is 29.5 Å². The van der Waals surface area contributed by atoms with Gasteiger partial charge in [0, 0.05) is 32.7 Å². The smallest absolute Gasteiger partial charge is 0.237 e. The van der Waals surface area contributed by atoms with E-state index in [-0.39, 0.29) is 24.1 Å². The predicted molar refractivity (Wildman–Crippen MR) is 119 cm³/mol. The van der Waals surface area contributed by atoms with Crippen LogP contribution in [0.5, 0.6) is 0 Å². The lowest BCUT2D eigenvalue weighted by molar-refractivity contribution is -0.138. The average molecular weight is 422 g/mol. The number of piperazine rings is 1. The second-order valence-electron chi connectivity index (χ2n) is 8.23. The molecule has 0 aromatic heterocycles. The van der Waals surface area contributed by atoms with Crippen molar-refractivity contribution in [3.63, 3.8) is 0 Å². The lowest BCUT2D eigenvalue weighted by Gasteiger charge is -2.36. The number of carbonyl (C=O) groups excluding carboxylic acids is 2. The zero-order valence-electron chi connectivity index (χ0n) is 17.8. The van der Waals surface area contributed by atoms with E-state index in [1.54, 1.807) is 17.0 Å². The molecular weight excluding hydrogens is 393 g/mol. The molecule has 31 heavy (non-hydrogen) atoms. The molecule has 2 amide bonds. The fourth-order valence-electron chi connectivity index (χ4n) is 4.30. The molecule has 4 rings (SSSR count). The van der Waals surface area contributed by atoms with E-state index in [2.05, 4.69) is 29.3 Å². The molecule has 0 radical (unpaired) electrons. The van der Waals surface area contributed by atoms with Crippen molar-refractivity contribution >= 4 is 17.4 Å². The topological polar surface area (TPSA) is 52.7 Å². The molecule has 6 heteroatoms. The largest absolute Gasteiger partial charge is 0.353 e. The zero-order valence-corrected chi connectivity index (χ0v) is 17.8. The molecule has 0 spiro atoms. The number of carbonyl (C=O) groups is 2. The van der Waals surface area contributed by atoms with Gasteiger partial charge in [0.25, 0.3) is 0 Å². The van der Waals surface area contributed by atoms with Gasteiger partial charge in [-0.3, -0.25) is 14.5 Å². The zero-order chi connectivity index (χ0) is 21.8. The van der Waals surface area contributed by atoms with Gasteiger partial charge in [0.1, 0.15) is 5.82 Å². The molecule has 5 nitrogen and oxygen atoms in total. The second-order valence-corrected chi connectivity index (χ2v) is 8.23. The van der Waals surface area contributed by atoms with Crippen LogP contribution in [0.2, 0.25) is 0 Å². The molecule has 2 aliphatic heterocycles. The van der Waals surface area contributed by atoms with Crippen molar-refractivity contribution in [2.75, 3.05) is 26.2 Å². The lowest BCUT2D eigenvalue weighted by Crippen LogP contribution is -2.56. The Morgan fingerprint density at radius 1 is 1.13 bits per heavy atom. The first kappa shape index (κ1) is 21.2. The third-order valence-corrected chi connectivity index (χ3v) is 6.22. The van der Waals surface area contributed by atoms with Gasteiger partial charge in [0.15, 0.2) is 0 Å². The Morgan fingerprint density at radius 3 is 2.61 bits per heavy atom. The summed E-state index contributed by atoms with van der Waals surface area (Å²) in [6.45, 7) is 5.17. The van der Waals surface area contributed by atoms with Crippen molar-refractivity contribution in [1.29, 1.82) is 0 Å². The van der Waals surface area contributed by atoms with Crippen molar-refractivity contribution in [2.45, 2.75) is 32.4 Å². The minimum atomic E-state index is -0.455. The molecular formula is C25H28FN3O2. The maximum atomic E-state index is 13.2. The van der Waals surface area contributed by atoms with Crippen molar-refractivity contribution in [3.8, 4) is 0 Å². The van der Waals surface area contributed by atoms with Crippen molar-refractivity contribution in [3.05, 3.63) is 77.1 Å². The Bertz CT molecular complexity index is 987. The molecule has 2 aromatic rings. The highest BCUT2D eigenvalue weighted by atomic mass is 19.1. The Hall–Kier alpha value is -2.99. The molecule has 1 atom stereocenters. The minimum Gasteiger partial charge on any atom is -0.353 e.